The zero-order valence-corrected chi connectivity index (χ0v) is 15.0. The molecule has 4 rings (SSSR count). The summed E-state index contributed by atoms with van der Waals surface area (Å²) in [5, 5.41) is 0. The molecular formula is C12H20Br2N2NiO2+2. The molecule has 0 aromatic rings. The average Bonchev–Trinajstić information content (AvgIpc) is 2.45. The maximum absolute atomic E-state index is 12.2. The van der Waals surface area contributed by atoms with Gasteiger partial charge in [-0.15, -0.1) is 0 Å². The first-order valence-corrected chi connectivity index (χ1v) is 11.5. The fourth-order valence-corrected chi connectivity index (χ4v) is 3.18. The van der Waals surface area contributed by atoms with E-state index in [0.717, 1.165) is 58.8 Å². The normalized spacial score (nSPS) is 35.1. The third-order valence-electron chi connectivity index (χ3n) is 4.24. The zero-order chi connectivity index (χ0) is 13.7. The van der Waals surface area contributed by atoms with Crippen molar-refractivity contribution in [1.29, 1.82) is 0 Å². The van der Waals surface area contributed by atoms with Crippen LogP contribution in [0.3, 0.4) is 0 Å². The van der Waals surface area contributed by atoms with Crippen molar-refractivity contribution in [3.8, 4) is 0 Å². The van der Waals surface area contributed by atoms with E-state index in [2.05, 4.69) is 38.3 Å². The van der Waals surface area contributed by atoms with Crippen molar-refractivity contribution in [3.63, 3.8) is 0 Å². The number of morpholine rings is 1. The number of carbonyl (C=O) groups is 1. The van der Waals surface area contributed by atoms with Gasteiger partial charge in [-0.3, -0.25) is 14.6 Å². The molecule has 7 heteroatoms. The van der Waals surface area contributed by atoms with Crippen LogP contribution in [0.4, 0.5) is 0 Å². The Balaban J connectivity index is 0.000000408. The zero-order valence-electron chi connectivity index (χ0n) is 10.8. The van der Waals surface area contributed by atoms with Crippen LogP contribution in [0.25, 0.3) is 0 Å². The Bertz CT molecular complexity index is 295. The SMILES string of the molecule is O=C1C2CCN(CC2)C1CN1CCOCC1.[Br][Ni+2][Br]. The molecule has 4 aliphatic heterocycles. The van der Waals surface area contributed by atoms with Crippen molar-refractivity contribution < 1.29 is 20.4 Å². The summed E-state index contributed by atoms with van der Waals surface area (Å²) in [5.74, 6) is 0.875. The van der Waals surface area contributed by atoms with Gasteiger partial charge in [-0.2, -0.15) is 0 Å². The number of halogens is 2. The van der Waals surface area contributed by atoms with Gasteiger partial charge in [0.05, 0.1) is 19.3 Å². The van der Waals surface area contributed by atoms with Crippen LogP contribution in [-0.2, 0) is 20.4 Å². The molecule has 0 saturated carbocycles. The minimum atomic E-state index is 0.186. The molecule has 19 heavy (non-hydrogen) atoms. The number of Topliss-reactive ketones (excluding diaryl/α,β-unsaturated/α-hetero) is 1. The third-order valence-corrected chi connectivity index (χ3v) is 4.24. The van der Waals surface area contributed by atoms with Gasteiger partial charge in [0, 0.05) is 25.6 Å². The van der Waals surface area contributed by atoms with Gasteiger partial charge in [0.15, 0.2) is 5.78 Å². The molecule has 4 aliphatic rings. The number of piperidine rings is 3. The molecule has 4 nitrogen and oxygen atoms in total. The van der Waals surface area contributed by atoms with Crippen molar-refractivity contribution in [2.45, 2.75) is 18.9 Å². The van der Waals surface area contributed by atoms with Gasteiger partial charge in [0.1, 0.15) is 0 Å². The van der Waals surface area contributed by atoms with Gasteiger partial charge in [0.2, 0.25) is 0 Å². The summed E-state index contributed by atoms with van der Waals surface area (Å²) >= 11 is 6.00. The Hall–Kier alpha value is 1.00. The van der Waals surface area contributed by atoms with E-state index in [1.165, 1.54) is 10.9 Å². The Morgan fingerprint density at radius 2 is 1.74 bits per heavy atom. The predicted octanol–water partition coefficient (Wildman–Crippen LogP) is 1.67. The summed E-state index contributed by atoms with van der Waals surface area (Å²) in [7, 11) is 1.25. The van der Waals surface area contributed by atoms with Crippen molar-refractivity contribution in [1.82, 2.24) is 9.80 Å². The fraction of sp³-hybridized carbons (Fsp3) is 0.917. The molecule has 112 valence electrons. The van der Waals surface area contributed by atoms with Gasteiger partial charge in [-0.05, 0) is 25.9 Å². The first-order chi connectivity index (χ1) is 9.26. The molecule has 4 fully saturated rings. The van der Waals surface area contributed by atoms with Crippen molar-refractivity contribution in [2.75, 3.05) is 45.9 Å². The Morgan fingerprint density at radius 1 is 1.16 bits per heavy atom. The number of carbonyl (C=O) groups excluding carboxylic acids is 1. The van der Waals surface area contributed by atoms with Crippen LogP contribution in [0.2, 0.25) is 0 Å². The molecule has 0 N–H and O–H groups in total. The van der Waals surface area contributed by atoms with Crippen molar-refractivity contribution in [2.24, 2.45) is 5.92 Å². The number of hydrogen-bond acceptors (Lipinski definition) is 4. The summed E-state index contributed by atoms with van der Waals surface area (Å²) in [6.07, 6.45) is 2.19. The molecule has 0 radical (unpaired) electrons. The summed E-state index contributed by atoms with van der Waals surface area (Å²) in [4.78, 5) is 16.9. The summed E-state index contributed by atoms with van der Waals surface area (Å²) in [6.45, 7) is 6.81. The van der Waals surface area contributed by atoms with E-state index in [1.807, 2.05) is 0 Å². The van der Waals surface area contributed by atoms with Gasteiger partial charge in [0.25, 0.3) is 0 Å². The number of nitrogens with zero attached hydrogens (tertiary/aromatic N) is 2. The van der Waals surface area contributed by atoms with E-state index in [0.29, 0.717) is 11.7 Å². The molecule has 0 aromatic carbocycles. The first kappa shape index (κ1) is 16.4. The summed E-state index contributed by atoms with van der Waals surface area (Å²) < 4.78 is 5.34. The van der Waals surface area contributed by atoms with Crippen LogP contribution < -0.4 is 0 Å². The molecule has 4 heterocycles. The van der Waals surface area contributed by atoms with Crippen LogP contribution >= 0.6 is 28.5 Å². The Morgan fingerprint density at radius 3 is 2.26 bits per heavy atom. The number of fused-ring (bicyclic) bond motifs is 3. The second-order valence-corrected chi connectivity index (χ2v) is 10.2. The van der Waals surface area contributed by atoms with E-state index in [9.17, 15) is 4.79 Å². The molecule has 1 atom stereocenters. The molecule has 0 spiro atoms. The van der Waals surface area contributed by atoms with Crippen LogP contribution in [0.1, 0.15) is 12.8 Å². The molecule has 2 bridgehead atoms. The van der Waals surface area contributed by atoms with Crippen LogP contribution in [0.5, 0.6) is 0 Å². The van der Waals surface area contributed by atoms with Gasteiger partial charge in [-0.1, -0.05) is 0 Å². The maximum atomic E-state index is 12.2. The van der Waals surface area contributed by atoms with E-state index in [-0.39, 0.29) is 6.04 Å². The second kappa shape index (κ2) is 8.45. The molecule has 4 saturated heterocycles. The van der Waals surface area contributed by atoms with E-state index in [1.54, 1.807) is 0 Å². The number of ether oxygens (including phenoxy) is 1. The average molecular weight is 443 g/mol. The van der Waals surface area contributed by atoms with Crippen LogP contribution in [0, 0.1) is 5.92 Å². The summed E-state index contributed by atoms with van der Waals surface area (Å²) in [6, 6.07) is 0.186. The van der Waals surface area contributed by atoms with Crippen molar-refractivity contribution >= 4 is 34.2 Å². The van der Waals surface area contributed by atoms with Gasteiger partial charge < -0.3 is 4.74 Å². The van der Waals surface area contributed by atoms with Gasteiger partial charge in [-0.25, -0.2) is 0 Å². The van der Waals surface area contributed by atoms with E-state index in [4.69, 9.17) is 4.74 Å². The predicted molar refractivity (Wildman–Crippen MR) is 78.2 cm³/mol. The van der Waals surface area contributed by atoms with E-state index < -0.39 is 0 Å². The number of hydrogen-bond donors (Lipinski definition) is 0. The summed E-state index contributed by atoms with van der Waals surface area (Å²) in [5.41, 5.74) is 0. The molecule has 0 amide bonds. The fourth-order valence-electron chi connectivity index (χ4n) is 3.18. The number of rotatable bonds is 2. The molecule has 1 unspecified atom stereocenters. The van der Waals surface area contributed by atoms with Gasteiger partial charge >= 0.3 is 39.3 Å². The second-order valence-electron chi connectivity index (χ2n) is 5.19. The Kier molecular flexibility index (Phi) is 7.28. The Labute approximate surface area is 134 Å². The quantitative estimate of drug-likeness (QED) is 0.609. The molecular weight excluding hydrogens is 423 g/mol. The van der Waals surface area contributed by atoms with Crippen LogP contribution in [0.15, 0.2) is 0 Å². The molecule has 0 aromatic heterocycles. The van der Waals surface area contributed by atoms with Crippen LogP contribution in [-0.4, -0.2) is 67.6 Å². The first-order valence-electron chi connectivity index (χ1n) is 6.66. The third kappa shape index (κ3) is 4.48. The standard InChI is InChI=1S/C12H20N2O2.2BrH.Ni/c15-12-10-1-3-14(4-2-10)11(12)9-13-5-7-16-8-6-13;;;/h10-11H,1-9H2;2*1H;/q;;;+4/p-2. The van der Waals surface area contributed by atoms with E-state index >= 15 is 0 Å². The monoisotopic (exact) mass is 440 g/mol. The number of ketones is 1. The topological polar surface area (TPSA) is 32.8 Å². The molecule has 0 aliphatic carbocycles. The minimum absolute atomic E-state index is 0.186. The van der Waals surface area contributed by atoms with Crippen molar-refractivity contribution in [3.05, 3.63) is 0 Å².